The Morgan fingerprint density at radius 1 is 0.973 bits per heavy atom. The molecule has 0 fully saturated rings. The molecule has 7 nitrogen and oxygen atoms in total. The second kappa shape index (κ2) is 11.3. The number of amides is 2. The summed E-state index contributed by atoms with van der Waals surface area (Å²) in [6.07, 6.45) is 1.36. The van der Waals surface area contributed by atoms with Crippen molar-refractivity contribution in [2.24, 2.45) is 0 Å². The van der Waals surface area contributed by atoms with Crippen LogP contribution in [0.2, 0.25) is 0 Å². The molecule has 37 heavy (non-hydrogen) atoms. The van der Waals surface area contributed by atoms with E-state index in [1.807, 2.05) is 39.0 Å². The fourth-order valence-electron chi connectivity index (χ4n) is 4.18. The molecule has 0 aromatic heterocycles. The summed E-state index contributed by atoms with van der Waals surface area (Å²) in [7, 11) is -3.86. The van der Waals surface area contributed by atoms with Crippen molar-refractivity contribution >= 4 is 38.3 Å². The van der Waals surface area contributed by atoms with Crippen molar-refractivity contribution in [1.82, 2.24) is 10.2 Å². The molecule has 0 bridgehead atoms. The number of sulfonamides is 1. The van der Waals surface area contributed by atoms with Crippen molar-refractivity contribution in [3.63, 3.8) is 0 Å². The lowest BCUT2D eigenvalue weighted by Crippen LogP contribution is -2.55. The van der Waals surface area contributed by atoms with Gasteiger partial charge in [0.15, 0.2) is 0 Å². The minimum absolute atomic E-state index is 0.0162. The smallest absolute Gasteiger partial charge is 0.244 e. The number of hydrogen-bond acceptors (Lipinski definition) is 4. The zero-order valence-electron chi connectivity index (χ0n) is 21.9. The topological polar surface area (TPSA) is 86.8 Å². The Morgan fingerprint density at radius 3 is 2.19 bits per heavy atom. The van der Waals surface area contributed by atoms with Crippen LogP contribution in [0.3, 0.4) is 0 Å². The average molecular weight is 528 g/mol. The molecule has 0 radical (unpaired) electrons. The number of carbonyl (C=O) groups is 2. The number of nitrogens with one attached hydrogen (secondary N) is 1. The third-order valence-corrected chi connectivity index (χ3v) is 6.99. The second-order valence-corrected chi connectivity index (χ2v) is 12.0. The number of hydrogen-bond donors (Lipinski definition) is 1. The summed E-state index contributed by atoms with van der Waals surface area (Å²) in [5, 5.41) is 4.43. The Hall–Kier alpha value is -3.46. The van der Waals surface area contributed by atoms with Gasteiger partial charge in [-0.25, -0.2) is 12.8 Å². The minimum Gasteiger partial charge on any atom is -0.350 e. The predicted octanol–water partition coefficient (Wildman–Crippen LogP) is 4.47. The molecule has 9 heteroatoms. The lowest BCUT2D eigenvalue weighted by molar-refractivity contribution is -0.141. The van der Waals surface area contributed by atoms with Gasteiger partial charge in [0.1, 0.15) is 18.4 Å². The van der Waals surface area contributed by atoms with E-state index in [0.717, 1.165) is 15.9 Å². The van der Waals surface area contributed by atoms with E-state index >= 15 is 0 Å². The first-order valence-corrected chi connectivity index (χ1v) is 14.0. The van der Waals surface area contributed by atoms with E-state index in [1.165, 1.54) is 17.0 Å². The van der Waals surface area contributed by atoms with Gasteiger partial charge in [0.05, 0.1) is 11.9 Å². The molecule has 1 N–H and O–H groups in total. The molecule has 3 aromatic carbocycles. The van der Waals surface area contributed by atoms with Gasteiger partial charge in [-0.2, -0.15) is 0 Å². The molecule has 0 unspecified atom stereocenters. The Kier molecular flexibility index (Phi) is 8.58. The lowest BCUT2D eigenvalue weighted by Gasteiger charge is -2.34. The van der Waals surface area contributed by atoms with Crippen molar-refractivity contribution in [3.8, 4) is 0 Å². The van der Waals surface area contributed by atoms with Crippen LogP contribution >= 0.6 is 0 Å². The summed E-state index contributed by atoms with van der Waals surface area (Å²) in [6, 6.07) is 17.4. The van der Waals surface area contributed by atoms with Gasteiger partial charge in [0, 0.05) is 17.5 Å². The molecule has 0 aliphatic carbocycles. The van der Waals surface area contributed by atoms with Crippen LogP contribution < -0.4 is 9.62 Å². The van der Waals surface area contributed by atoms with Crippen LogP contribution in [0.4, 0.5) is 10.1 Å². The zero-order valence-corrected chi connectivity index (χ0v) is 22.7. The van der Waals surface area contributed by atoms with Crippen molar-refractivity contribution in [1.29, 1.82) is 0 Å². The molecular weight excluding hydrogens is 493 g/mol. The molecule has 198 valence electrons. The van der Waals surface area contributed by atoms with Crippen LogP contribution in [-0.4, -0.2) is 49.5 Å². The summed E-state index contributed by atoms with van der Waals surface area (Å²) in [4.78, 5) is 28.4. The van der Waals surface area contributed by atoms with E-state index in [-0.39, 0.29) is 12.5 Å². The Balaban J connectivity index is 2.03. The highest BCUT2D eigenvalue weighted by Gasteiger charge is 2.33. The molecule has 0 heterocycles. The third-order valence-electron chi connectivity index (χ3n) is 5.86. The van der Waals surface area contributed by atoms with Gasteiger partial charge in [-0.3, -0.25) is 13.9 Å². The molecule has 0 spiro atoms. The lowest BCUT2D eigenvalue weighted by atomic mass is 10.1. The molecule has 0 aliphatic heterocycles. The van der Waals surface area contributed by atoms with Gasteiger partial charge in [-0.15, -0.1) is 0 Å². The Labute approximate surface area is 218 Å². The van der Waals surface area contributed by atoms with E-state index in [0.29, 0.717) is 23.1 Å². The highest BCUT2D eigenvalue weighted by molar-refractivity contribution is 7.92. The van der Waals surface area contributed by atoms with E-state index in [1.54, 1.807) is 43.3 Å². The van der Waals surface area contributed by atoms with E-state index in [2.05, 4.69) is 5.32 Å². The van der Waals surface area contributed by atoms with Gasteiger partial charge in [0.25, 0.3) is 0 Å². The van der Waals surface area contributed by atoms with Crippen molar-refractivity contribution in [2.75, 3.05) is 17.1 Å². The number of anilines is 1. The summed E-state index contributed by atoms with van der Waals surface area (Å²) in [6.45, 7) is 6.84. The molecule has 1 atom stereocenters. The Bertz CT molecular complexity index is 1360. The maximum Gasteiger partial charge on any atom is 0.244 e. The largest absolute Gasteiger partial charge is 0.350 e. The van der Waals surface area contributed by atoms with E-state index in [4.69, 9.17) is 0 Å². The number of rotatable bonds is 9. The molecule has 3 rings (SSSR count). The molecule has 3 aromatic rings. The van der Waals surface area contributed by atoms with Gasteiger partial charge >= 0.3 is 0 Å². The fraction of sp³-hybridized carbons (Fsp3) is 0.357. The first-order valence-electron chi connectivity index (χ1n) is 12.1. The second-order valence-electron chi connectivity index (χ2n) is 10.1. The molecular formula is C28H34FN3O4S. The maximum absolute atomic E-state index is 13.8. The van der Waals surface area contributed by atoms with Gasteiger partial charge in [-0.05, 0) is 56.3 Å². The standard InChI is InChI=1S/C28H34FN3O4S/c1-6-24(27(34)30-28(2,3)4)31(18-20-14-16-22(29)17-15-20)26(33)19-32(37(5,35)36)25-13-9-11-21-10-7-8-12-23(21)25/h7-17,24H,6,18-19H2,1-5H3,(H,30,34)/t24-/m0/s1. The minimum atomic E-state index is -3.86. The monoisotopic (exact) mass is 527 g/mol. The molecule has 0 aliphatic rings. The first-order chi connectivity index (χ1) is 17.3. The fourth-order valence-corrected chi connectivity index (χ4v) is 5.04. The van der Waals surface area contributed by atoms with Crippen molar-refractivity contribution < 1.29 is 22.4 Å². The third kappa shape index (κ3) is 7.29. The number of halogens is 1. The highest BCUT2D eigenvalue weighted by atomic mass is 32.2. The zero-order chi connectivity index (χ0) is 27.4. The molecule has 0 saturated heterocycles. The summed E-state index contributed by atoms with van der Waals surface area (Å²) >= 11 is 0. The maximum atomic E-state index is 13.8. The van der Waals surface area contributed by atoms with Crippen LogP contribution in [-0.2, 0) is 26.2 Å². The van der Waals surface area contributed by atoms with Crippen LogP contribution in [0, 0.1) is 5.82 Å². The average Bonchev–Trinajstić information content (AvgIpc) is 2.81. The van der Waals surface area contributed by atoms with Gasteiger partial charge < -0.3 is 10.2 Å². The van der Waals surface area contributed by atoms with Crippen LogP contribution in [0.15, 0.2) is 66.7 Å². The number of carbonyl (C=O) groups excluding carboxylic acids is 2. The molecule has 2 amide bonds. The summed E-state index contributed by atoms with van der Waals surface area (Å²) in [5.74, 6) is -1.31. The SMILES string of the molecule is CC[C@@H](C(=O)NC(C)(C)C)N(Cc1ccc(F)cc1)C(=O)CN(c1cccc2ccccc12)S(C)(=O)=O. The summed E-state index contributed by atoms with van der Waals surface area (Å²) < 4.78 is 40.4. The highest BCUT2D eigenvalue weighted by Crippen LogP contribution is 2.29. The number of fused-ring (bicyclic) bond motifs is 1. The normalized spacial score (nSPS) is 12.7. The first kappa shape index (κ1) is 28.1. The predicted molar refractivity (Wildman–Crippen MR) is 145 cm³/mol. The van der Waals surface area contributed by atoms with E-state index < -0.39 is 39.9 Å². The number of nitrogens with zero attached hydrogens (tertiary/aromatic N) is 2. The van der Waals surface area contributed by atoms with Gasteiger partial charge in [-0.1, -0.05) is 55.5 Å². The van der Waals surface area contributed by atoms with Crippen LogP contribution in [0.1, 0.15) is 39.7 Å². The van der Waals surface area contributed by atoms with Crippen molar-refractivity contribution in [2.45, 2.75) is 52.2 Å². The molecule has 0 saturated carbocycles. The van der Waals surface area contributed by atoms with Gasteiger partial charge in [0.2, 0.25) is 21.8 Å². The quantitative estimate of drug-likeness (QED) is 0.445. The van der Waals surface area contributed by atoms with Crippen molar-refractivity contribution in [3.05, 3.63) is 78.1 Å². The Morgan fingerprint density at radius 2 is 1.59 bits per heavy atom. The summed E-state index contributed by atoms with van der Waals surface area (Å²) in [5.41, 5.74) is 0.465. The van der Waals surface area contributed by atoms with Crippen LogP contribution in [0.25, 0.3) is 10.8 Å². The number of benzene rings is 3. The van der Waals surface area contributed by atoms with E-state index in [9.17, 15) is 22.4 Å². The van der Waals surface area contributed by atoms with Crippen LogP contribution in [0.5, 0.6) is 0 Å².